The molecule has 5 heteroatoms. The van der Waals surface area contributed by atoms with E-state index in [4.69, 9.17) is 9.47 Å². The molecule has 2 aliphatic rings. The van der Waals surface area contributed by atoms with E-state index in [0.717, 1.165) is 48.1 Å². The number of hydrogen-bond donors (Lipinski definition) is 2. The molecule has 0 saturated heterocycles. The molecule has 1 heterocycles. The molecule has 2 aromatic rings. The third kappa shape index (κ3) is 3.81. The highest BCUT2D eigenvalue weighted by Gasteiger charge is 2.21. The Hall–Kier alpha value is -2.17. The summed E-state index contributed by atoms with van der Waals surface area (Å²) >= 11 is 0. The molecule has 2 N–H and O–H groups in total. The number of carboxylic acid groups (broad SMARTS) is 1. The second kappa shape index (κ2) is 7.60. The van der Waals surface area contributed by atoms with E-state index in [-0.39, 0.29) is 17.9 Å². The van der Waals surface area contributed by atoms with Crippen molar-refractivity contribution in [2.45, 2.75) is 76.4 Å². The van der Waals surface area contributed by atoms with E-state index in [2.05, 4.69) is 4.98 Å². The van der Waals surface area contributed by atoms with Gasteiger partial charge in [0.2, 0.25) is 0 Å². The third-order valence-corrected chi connectivity index (χ3v) is 5.60. The quantitative estimate of drug-likeness (QED) is 0.763. The van der Waals surface area contributed by atoms with Crippen LogP contribution in [0.2, 0.25) is 0 Å². The Morgan fingerprint density at radius 1 is 0.885 bits per heavy atom. The molecule has 2 saturated carbocycles. The molecule has 140 valence electrons. The van der Waals surface area contributed by atoms with Gasteiger partial charge in [0.1, 0.15) is 17.2 Å². The van der Waals surface area contributed by atoms with E-state index in [1.165, 1.54) is 38.5 Å². The first-order valence-corrected chi connectivity index (χ1v) is 9.92. The number of H-pyrrole nitrogens is 1. The first-order chi connectivity index (χ1) is 12.7. The van der Waals surface area contributed by atoms with Gasteiger partial charge in [0, 0.05) is 17.5 Å². The third-order valence-electron chi connectivity index (χ3n) is 5.60. The van der Waals surface area contributed by atoms with Crippen molar-refractivity contribution in [1.82, 2.24) is 4.98 Å². The summed E-state index contributed by atoms with van der Waals surface area (Å²) in [6.45, 7) is 0. The van der Waals surface area contributed by atoms with Gasteiger partial charge in [0.25, 0.3) is 0 Å². The maximum atomic E-state index is 11.4. The van der Waals surface area contributed by atoms with Crippen LogP contribution in [0, 0.1) is 0 Å². The van der Waals surface area contributed by atoms with Gasteiger partial charge in [-0.1, -0.05) is 12.8 Å². The van der Waals surface area contributed by atoms with Crippen molar-refractivity contribution >= 4 is 16.9 Å². The van der Waals surface area contributed by atoms with E-state index in [1.54, 1.807) is 6.07 Å². The molecule has 26 heavy (non-hydrogen) atoms. The van der Waals surface area contributed by atoms with Crippen LogP contribution in [0.25, 0.3) is 10.9 Å². The minimum atomic E-state index is -0.959. The van der Waals surface area contributed by atoms with Crippen LogP contribution in [0.5, 0.6) is 11.5 Å². The number of aromatic amines is 1. The Kier molecular flexibility index (Phi) is 5.05. The molecule has 0 atom stereocenters. The molecule has 2 aliphatic carbocycles. The number of fused-ring (bicyclic) bond motifs is 1. The van der Waals surface area contributed by atoms with Crippen molar-refractivity contribution in [2.75, 3.05) is 0 Å². The highest BCUT2D eigenvalue weighted by Crippen LogP contribution is 2.36. The van der Waals surface area contributed by atoms with Gasteiger partial charge in [-0.2, -0.15) is 0 Å². The molecule has 0 spiro atoms. The van der Waals surface area contributed by atoms with E-state index < -0.39 is 5.97 Å². The lowest BCUT2D eigenvalue weighted by atomic mass is 9.97. The van der Waals surface area contributed by atoms with Gasteiger partial charge < -0.3 is 19.6 Å². The number of rotatable bonds is 5. The zero-order valence-electron chi connectivity index (χ0n) is 15.1. The number of hydrogen-bond acceptors (Lipinski definition) is 3. The molecule has 0 unspecified atom stereocenters. The van der Waals surface area contributed by atoms with Gasteiger partial charge in [-0.05, 0) is 57.4 Å². The number of aromatic nitrogens is 1. The van der Waals surface area contributed by atoms with Crippen molar-refractivity contribution in [3.8, 4) is 11.5 Å². The number of carbonyl (C=O) groups is 1. The van der Waals surface area contributed by atoms with Crippen LogP contribution >= 0.6 is 0 Å². The zero-order chi connectivity index (χ0) is 17.9. The van der Waals surface area contributed by atoms with Gasteiger partial charge >= 0.3 is 5.97 Å². The van der Waals surface area contributed by atoms with Crippen molar-refractivity contribution in [3.63, 3.8) is 0 Å². The summed E-state index contributed by atoms with van der Waals surface area (Å²) in [5.41, 5.74) is 0.949. The van der Waals surface area contributed by atoms with Gasteiger partial charge in [0.15, 0.2) is 0 Å². The monoisotopic (exact) mass is 357 g/mol. The Balaban J connectivity index is 1.64. The van der Waals surface area contributed by atoms with Gasteiger partial charge in [-0.3, -0.25) is 0 Å². The minimum absolute atomic E-state index is 0.184. The summed E-state index contributed by atoms with van der Waals surface area (Å²) in [5, 5.41) is 10.1. The van der Waals surface area contributed by atoms with Crippen LogP contribution in [0.4, 0.5) is 0 Å². The molecule has 0 bridgehead atoms. The fourth-order valence-electron chi connectivity index (χ4n) is 4.20. The van der Waals surface area contributed by atoms with Crippen LogP contribution in [0.1, 0.15) is 74.7 Å². The van der Waals surface area contributed by atoms with Gasteiger partial charge in [0.05, 0.1) is 17.7 Å². The predicted molar refractivity (Wildman–Crippen MR) is 100 cm³/mol. The zero-order valence-corrected chi connectivity index (χ0v) is 15.1. The molecular formula is C21H27NO4. The van der Waals surface area contributed by atoms with E-state index in [0.29, 0.717) is 0 Å². The Bertz CT molecular complexity index is 770. The van der Waals surface area contributed by atoms with Crippen molar-refractivity contribution in [1.29, 1.82) is 0 Å². The van der Waals surface area contributed by atoms with Crippen molar-refractivity contribution < 1.29 is 19.4 Å². The van der Waals surface area contributed by atoms with Crippen molar-refractivity contribution in [3.05, 3.63) is 23.9 Å². The van der Waals surface area contributed by atoms with E-state index >= 15 is 0 Å². The van der Waals surface area contributed by atoms with Crippen molar-refractivity contribution in [2.24, 2.45) is 0 Å². The summed E-state index contributed by atoms with van der Waals surface area (Å²) < 4.78 is 12.5. The lowest BCUT2D eigenvalue weighted by Gasteiger charge is -2.25. The second-order valence-corrected chi connectivity index (χ2v) is 7.63. The lowest BCUT2D eigenvalue weighted by Crippen LogP contribution is -2.21. The number of nitrogens with one attached hydrogen (secondary N) is 1. The topological polar surface area (TPSA) is 71.6 Å². The molecule has 2 fully saturated rings. The first-order valence-electron chi connectivity index (χ1n) is 9.92. The Morgan fingerprint density at radius 3 is 2.12 bits per heavy atom. The number of ether oxygens (including phenoxy) is 2. The maximum Gasteiger partial charge on any atom is 0.352 e. The Morgan fingerprint density at radius 2 is 1.50 bits per heavy atom. The molecule has 4 rings (SSSR count). The van der Waals surface area contributed by atoms with Crippen LogP contribution in [-0.4, -0.2) is 28.3 Å². The van der Waals surface area contributed by atoms with E-state index in [9.17, 15) is 9.90 Å². The molecule has 0 radical (unpaired) electrons. The molecule has 1 aromatic heterocycles. The summed E-state index contributed by atoms with van der Waals surface area (Å²) in [4.78, 5) is 14.4. The summed E-state index contributed by atoms with van der Waals surface area (Å²) in [5.74, 6) is 0.553. The smallest absolute Gasteiger partial charge is 0.352 e. The minimum Gasteiger partial charge on any atom is -0.490 e. The van der Waals surface area contributed by atoms with Crippen LogP contribution in [0.15, 0.2) is 18.2 Å². The highest BCUT2D eigenvalue weighted by molar-refractivity contribution is 5.96. The molecule has 0 aliphatic heterocycles. The maximum absolute atomic E-state index is 11.4. The largest absolute Gasteiger partial charge is 0.490 e. The summed E-state index contributed by atoms with van der Waals surface area (Å²) in [6, 6.07) is 5.52. The summed E-state index contributed by atoms with van der Waals surface area (Å²) in [7, 11) is 0. The van der Waals surface area contributed by atoms with Crippen LogP contribution in [0.3, 0.4) is 0 Å². The average molecular weight is 357 g/mol. The van der Waals surface area contributed by atoms with Gasteiger partial charge in [-0.25, -0.2) is 4.79 Å². The van der Waals surface area contributed by atoms with Crippen LogP contribution < -0.4 is 9.47 Å². The van der Waals surface area contributed by atoms with Gasteiger partial charge in [-0.15, -0.1) is 0 Å². The standard InChI is InChI=1S/C21H27NO4/c23-21(24)19-13-17-18(22-19)11-16(25-14-7-3-1-4-8-14)12-20(17)26-15-9-5-2-6-10-15/h11-15,22H,1-10H2,(H,23,24). The second-order valence-electron chi connectivity index (χ2n) is 7.63. The SMILES string of the molecule is O=C(O)c1cc2c(OC3CCCCC3)cc(OC3CCCCC3)cc2[nH]1. The fraction of sp³-hybridized carbons (Fsp3) is 0.571. The first kappa shape index (κ1) is 17.3. The lowest BCUT2D eigenvalue weighted by molar-refractivity contribution is 0.0691. The number of aromatic carboxylic acids is 1. The normalized spacial score (nSPS) is 19.5. The Labute approximate surface area is 153 Å². The molecule has 5 nitrogen and oxygen atoms in total. The number of benzene rings is 1. The number of carboxylic acids is 1. The molecule has 0 amide bonds. The molecule has 1 aromatic carbocycles. The fourth-order valence-corrected chi connectivity index (χ4v) is 4.20. The van der Waals surface area contributed by atoms with E-state index in [1.807, 2.05) is 12.1 Å². The summed E-state index contributed by atoms with van der Waals surface area (Å²) in [6.07, 6.45) is 12.1. The predicted octanol–water partition coefficient (Wildman–Crippen LogP) is 5.29. The average Bonchev–Trinajstić information content (AvgIpc) is 3.08. The molecular weight excluding hydrogens is 330 g/mol. The highest BCUT2D eigenvalue weighted by atomic mass is 16.5. The van der Waals surface area contributed by atoms with Crippen LogP contribution in [-0.2, 0) is 0 Å².